The van der Waals surface area contributed by atoms with E-state index in [1.54, 1.807) is 0 Å². The van der Waals surface area contributed by atoms with Crippen molar-refractivity contribution in [3.05, 3.63) is 40.4 Å². The molecule has 0 saturated carbocycles. The summed E-state index contributed by atoms with van der Waals surface area (Å²) >= 11 is 5.87. The highest BCUT2D eigenvalue weighted by Gasteiger charge is 2.15. The topological polar surface area (TPSA) is 70.0 Å². The first-order valence-electron chi connectivity index (χ1n) is 6.90. The molecular weight excluding hydrogens is 308 g/mol. The molecule has 1 N–H and O–H groups in total. The van der Waals surface area contributed by atoms with Crippen molar-refractivity contribution >= 4 is 21.6 Å². The SMILES string of the molecule is N#Cc1ccc(S(=O)(=O)NCCC2=CCCCC2)cc1Cl. The smallest absolute Gasteiger partial charge is 0.211 e. The summed E-state index contributed by atoms with van der Waals surface area (Å²) in [4.78, 5) is 0.0872. The van der Waals surface area contributed by atoms with Gasteiger partial charge in [-0.25, -0.2) is 13.1 Å². The first-order valence-corrected chi connectivity index (χ1v) is 8.76. The lowest BCUT2D eigenvalue weighted by molar-refractivity contribution is 0.579. The number of rotatable bonds is 5. The minimum atomic E-state index is -3.58. The van der Waals surface area contributed by atoms with Crippen LogP contribution in [0.3, 0.4) is 0 Å². The fourth-order valence-electron chi connectivity index (χ4n) is 2.31. The van der Waals surface area contributed by atoms with Gasteiger partial charge in [0, 0.05) is 6.54 Å². The minimum absolute atomic E-state index is 0.0872. The molecule has 0 aliphatic heterocycles. The van der Waals surface area contributed by atoms with Crippen molar-refractivity contribution in [1.82, 2.24) is 4.72 Å². The van der Waals surface area contributed by atoms with Crippen LogP contribution in [0.25, 0.3) is 0 Å². The van der Waals surface area contributed by atoms with Gasteiger partial charge in [-0.2, -0.15) is 5.26 Å². The summed E-state index contributed by atoms with van der Waals surface area (Å²) in [6.45, 7) is 0.381. The monoisotopic (exact) mass is 324 g/mol. The van der Waals surface area contributed by atoms with Crippen LogP contribution in [0, 0.1) is 11.3 Å². The minimum Gasteiger partial charge on any atom is -0.211 e. The summed E-state index contributed by atoms with van der Waals surface area (Å²) in [7, 11) is -3.58. The number of nitrogens with one attached hydrogen (secondary N) is 1. The van der Waals surface area contributed by atoms with Crippen molar-refractivity contribution < 1.29 is 8.42 Å². The van der Waals surface area contributed by atoms with Crippen molar-refractivity contribution in [2.75, 3.05) is 6.54 Å². The lowest BCUT2D eigenvalue weighted by atomic mass is 9.97. The molecular formula is C15H17ClN2O2S. The Kier molecular flexibility index (Phi) is 5.40. The maximum Gasteiger partial charge on any atom is 0.240 e. The molecule has 1 aliphatic carbocycles. The Morgan fingerprint density at radius 2 is 2.14 bits per heavy atom. The van der Waals surface area contributed by atoms with E-state index in [1.165, 1.54) is 36.6 Å². The van der Waals surface area contributed by atoms with Crippen LogP contribution in [-0.4, -0.2) is 15.0 Å². The normalized spacial score (nSPS) is 15.3. The van der Waals surface area contributed by atoms with Gasteiger partial charge in [0.05, 0.1) is 15.5 Å². The van der Waals surface area contributed by atoms with E-state index in [9.17, 15) is 8.42 Å². The fourth-order valence-corrected chi connectivity index (χ4v) is 3.66. The second-order valence-corrected chi connectivity index (χ2v) is 7.18. The molecule has 6 heteroatoms. The van der Waals surface area contributed by atoms with Crippen molar-refractivity contribution in [3.63, 3.8) is 0 Å². The summed E-state index contributed by atoms with van der Waals surface area (Å²) in [6.07, 6.45) is 7.50. The molecule has 0 fully saturated rings. The van der Waals surface area contributed by atoms with E-state index in [0.29, 0.717) is 6.54 Å². The molecule has 2 rings (SSSR count). The van der Waals surface area contributed by atoms with Gasteiger partial charge in [-0.05, 0) is 50.3 Å². The van der Waals surface area contributed by atoms with Gasteiger partial charge >= 0.3 is 0 Å². The van der Waals surface area contributed by atoms with Gasteiger partial charge in [-0.15, -0.1) is 0 Å². The summed E-state index contributed by atoms with van der Waals surface area (Å²) in [5, 5.41) is 8.94. The van der Waals surface area contributed by atoms with Gasteiger partial charge in [0.25, 0.3) is 0 Å². The van der Waals surface area contributed by atoms with Crippen LogP contribution < -0.4 is 4.72 Å². The molecule has 1 aromatic rings. The second-order valence-electron chi connectivity index (χ2n) is 5.01. The molecule has 0 spiro atoms. The number of nitrogens with zero attached hydrogens (tertiary/aromatic N) is 1. The lowest BCUT2D eigenvalue weighted by Crippen LogP contribution is -2.25. The largest absolute Gasteiger partial charge is 0.240 e. The molecule has 21 heavy (non-hydrogen) atoms. The molecule has 1 aromatic carbocycles. The van der Waals surface area contributed by atoms with Gasteiger partial charge in [-0.1, -0.05) is 23.3 Å². The second kappa shape index (κ2) is 7.08. The molecule has 0 amide bonds. The van der Waals surface area contributed by atoms with Crippen LogP contribution in [0.4, 0.5) is 0 Å². The predicted molar refractivity (Wildman–Crippen MR) is 82.5 cm³/mol. The van der Waals surface area contributed by atoms with E-state index in [0.717, 1.165) is 19.3 Å². The Balaban J connectivity index is 2.00. The Morgan fingerprint density at radius 1 is 1.33 bits per heavy atom. The van der Waals surface area contributed by atoms with Crippen LogP contribution >= 0.6 is 11.6 Å². The average molecular weight is 325 g/mol. The maximum absolute atomic E-state index is 12.2. The molecule has 0 bridgehead atoms. The highest BCUT2D eigenvalue weighted by atomic mass is 35.5. The van der Waals surface area contributed by atoms with E-state index >= 15 is 0 Å². The number of allylic oxidation sites excluding steroid dienone is 1. The zero-order valence-electron chi connectivity index (χ0n) is 11.6. The summed E-state index contributed by atoms with van der Waals surface area (Å²) in [5.41, 5.74) is 1.59. The summed E-state index contributed by atoms with van der Waals surface area (Å²) in [6, 6.07) is 6.03. The van der Waals surface area contributed by atoms with Crippen molar-refractivity contribution in [2.45, 2.75) is 37.0 Å². The van der Waals surface area contributed by atoms with Crippen LogP contribution in [0.1, 0.15) is 37.7 Å². The van der Waals surface area contributed by atoms with Crippen molar-refractivity contribution in [1.29, 1.82) is 5.26 Å². The fraction of sp³-hybridized carbons (Fsp3) is 0.400. The first kappa shape index (κ1) is 16.0. The summed E-state index contributed by atoms with van der Waals surface area (Å²) in [5.74, 6) is 0. The quantitative estimate of drug-likeness (QED) is 0.844. The Labute approximate surface area is 130 Å². The maximum atomic E-state index is 12.2. The van der Waals surface area contributed by atoms with E-state index in [-0.39, 0.29) is 15.5 Å². The lowest BCUT2D eigenvalue weighted by Gasteiger charge is -2.13. The Morgan fingerprint density at radius 3 is 2.76 bits per heavy atom. The van der Waals surface area contributed by atoms with Gasteiger partial charge in [-0.3, -0.25) is 0 Å². The van der Waals surface area contributed by atoms with E-state index in [2.05, 4.69) is 10.8 Å². The zero-order valence-corrected chi connectivity index (χ0v) is 13.2. The third-order valence-electron chi connectivity index (χ3n) is 3.49. The van der Waals surface area contributed by atoms with E-state index in [4.69, 9.17) is 16.9 Å². The average Bonchev–Trinajstić information content (AvgIpc) is 2.48. The Hall–Kier alpha value is -1.35. The third-order valence-corrected chi connectivity index (χ3v) is 5.27. The number of hydrogen-bond donors (Lipinski definition) is 1. The highest BCUT2D eigenvalue weighted by Crippen LogP contribution is 2.21. The predicted octanol–water partition coefficient (Wildman–Crippen LogP) is 3.38. The molecule has 1 aliphatic rings. The van der Waals surface area contributed by atoms with Crippen LogP contribution in [-0.2, 0) is 10.0 Å². The van der Waals surface area contributed by atoms with Gasteiger partial charge in [0.15, 0.2) is 0 Å². The van der Waals surface area contributed by atoms with E-state index in [1.807, 2.05) is 6.07 Å². The molecule has 112 valence electrons. The standard InChI is InChI=1S/C15H17ClN2O2S/c16-15-10-14(7-6-13(15)11-17)21(19,20)18-9-8-12-4-2-1-3-5-12/h4,6-7,10,18H,1-3,5,8-9H2. The van der Waals surface area contributed by atoms with Crippen LogP contribution in [0.5, 0.6) is 0 Å². The number of sulfonamides is 1. The van der Waals surface area contributed by atoms with Gasteiger partial charge in [0.2, 0.25) is 10.0 Å². The molecule has 4 nitrogen and oxygen atoms in total. The molecule has 0 aromatic heterocycles. The molecule has 0 heterocycles. The highest BCUT2D eigenvalue weighted by molar-refractivity contribution is 7.89. The van der Waals surface area contributed by atoms with Gasteiger partial charge in [0.1, 0.15) is 6.07 Å². The first-order chi connectivity index (χ1) is 10.0. The Bertz CT molecular complexity index is 690. The van der Waals surface area contributed by atoms with Crippen LogP contribution in [0.15, 0.2) is 34.7 Å². The number of hydrogen-bond acceptors (Lipinski definition) is 3. The number of benzene rings is 1. The third kappa shape index (κ3) is 4.31. The van der Waals surface area contributed by atoms with Crippen LogP contribution in [0.2, 0.25) is 5.02 Å². The zero-order chi connectivity index (χ0) is 15.3. The number of nitriles is 1. The number of halogens is 1. The van der Waals surface area contributed by atoms with E-state index < -0.39 is 10.0 Å². The molecule has 0 radical (unpaired) electrons. The van der Waals surface area contributed by atoms with Gasteiger partial charge < -0.3 is 0 Å². The van der Waals surface area contributed by atoms with Crippen molar-refractivity contribution in [2.24, 2.45) is 0 Å². The summed E-state index contributed by atoms with van der Waals surface area (Å²) < 4.78 is 26.9. The molecule has 0 atom stereocenters. The van der Waals surface area contributed by atoms with Crippen molar-refractivity contribution in [3.8, 4) is 6.07 Å². The molecule has 0 unspecified atom stereocenters. The molecule has 0 saturated heterocycles.